The Kier molecular flexibility index (Phi) is 6.64. The molecule has 0 aliphatic carbocycles. The van der Waals surface area contributed by atoms with E-state index in [1.165, 1.54) is 43.5 Å². The number of nitrogens with one attached hydrogen (secondary N) is 3. The van der Waals surface area contributed by atoms with E-state index >= 15 is 0 Å². The number of carbonyl (C=O) groups excluding carboxylic acids is 2. The lowest BCUT2D eigenvalue weighted by Gasteiger charge is -2.11. The Labute approximate surface area is 185 Å². The second-order valence-corrected chi connectivity index (χ2v) is 8.47. The van der Waals surface area contributed by atoms with Gasteiger partial charge in [0.25, 0.3) is 21.8 Å². The molecule has 0 atom stereocenters. The van der Waals surface area contributed by atoms with Gasteiger partial charge in [0.15, 0.2) is 0 Å². The number of aromatic hydroxyl groups is 1. The van der Waals surface area contributed by atoms with Crippen LogP contribution in [0.5, 0.6) is 11.5 Å². The van der Waals surface area contributed by atoms with Gasteiger partial charge in [0.05, 0.1) is 17.6 Å². The van der Waals surface area contributed by atoms with Gasteiger partial charge in [-0.25, -0.2) is 8.42 Å². The van der Waals surface area contributed by atoms with Crippen LogP contribution in [0.25, 0.3) is 0 Å². The van der Waals surface area contributed by atoms with Gasteiger partial charge in [-0.15, -0.1) is 0 Å². The molecule has 3 rings (SSSR count). The summed E-state index contributed by atoms with van der Waals surface area (Å²) in [6.45, 7) is 1.75. The zero-order chi connectivity index (χ0) is 23.3. The average Bonchev–Trinajstić information content (AvgIpc) is 2.79. The Morgan fingerprint density at radius 1 is 0.906 bits per heavy atom. The standard InChI is InChI=1S/C22H21N3O6S/c1-14-6-11-20(26)19(12-14)22(28)24-23-21(27)15-4-3-5-18(13-15)32(29,30)25-16-7-9-17(31-2)10-8-16/h3-13,25-26H,1-2H3,(H,23,27)(H,24,28). The molecule has 0 unspecified atom stereocenters. The fraction of sp³-hybridized carbons (Fsp3) is 0.0909. The molecule has 0 spiro atoms. The molecule has 3 aromatic rings. The van der Waals surface area contributed by atoms with Gasteiger partial charge in [0.1, 0.15) is 11.5 Å². The van der Waals surface area contributed by atoms with Crippen molar-refractivity contribution in [1.29, 1.82) is 0 Å². The lowest BCUT2D eigenvalue weighted by atomic mass is 10.1. The molecule has 32 heavy (non-hydrogen) atoms. The first-order valence-corrected chi connectivity index (χ1v) is 10.8. The van der Waals surface area contributed by atoms with E-state index in [2.05, 4.69) is 15.6 Å². The van der Waals surface area contributed by atoms with Crippen molar-refractivity contribution in [2.75, 3.05) is 11.8 Å². The largest absolute Gasteiger partial charge is 0.507 e. The molecule has 0 fully saturated rings. The van der Waals surface area contributed by atoms with Gasteiger partial charge in [0.2, 0.25) is 0 Å². The first kappa shape index (κ1) is 22.6. The van der Waals surface area contributed by atoms with Crippen LogP contribution in [0.3, 0.4) is 0 Å². The van der Waals surface area contributed by atoms with Crippen LogP contribution in [0.1, 0.15) is 26.3 Å². The van der Waals surface area contributed by atoms with E-state index in [0.717, 1.165) is 5.56 Å². The monoisotopic (exact) mass is 455 g/mol. The number of sulfonamides is 1. The Bertz CT molecular complexity index is 1260. The Hall–Kier alpha value is -4.05. The van der Waals surface area contributed by atoms with Crippen LogP contribution in [-0.4, -0.2) is 32.4 Å². The number of aryl methyl sites for hydroxylation is 1. The minimum atomic E-state index is -3.96. The maximum absolute atomic E-state index is 12.7. The zero-order valence-corrected chi connectivity index (χ0v) is 18.1. The summed E-state index contributed by atoms with van der Waals surface area (Å²) in [5.74, 6) is -1.11. The molecule has 4 N–H and O–H groups in total. The topological polar surface area (TPSA) is 134 Å². The second-order valence-electron chi connectivity index (χ2n) is 6.79. The van der Waals surface area contributed by atoms with Crippen LogP contribution in [0.4, 0.5) is 5.69 Å². The van der Waals surface area contributed by atoms with E-state index < -0.39 is 21.8 Å². The van der Waals surface area contributed by atoms with Gasteiger partial charge in [-0.05, 0) is 61.5 Å². The summed E-state index contributed by atoms with van der Waals surface area (Å²) >= 11 is 0. The van der Waals surface area contributed by atoms with Crippen molar-refractivity contribution < 1.29 is 27.9 Å². The lowest BCUT2D eigenvalue weighted by Crippen LogP contribution is -2.41. The highest BCUT2D eigenvalue weighted by atomic mass is 32.2. The van der Waals surface area contributed by atoms with Crippen LogP contribution in [-0.2, 0) is 10.0 Å². The van der Waals surface area contributed by atoms with E-state index in [1.807, 2.05) is 0 Å². The minimum absolute atomic E-state index is 0.00896. The van der Waals surface area contributed by atoms with Gasteiger partial charge in [0, 0.05) is 11.3 Å². The minimum Gasteiger partial charge on any atom is -0.507 e. The predicted octanol–water partition coefficient (Wildman–Crippen LogP) is 2.58. The van der Waals surface area contributed by atoms with Crippen LogP contribution in [0, 0.1) is 6.92 Å². The zero-order valence-electron chi connectivity index (χ0n) is 17.2. The van der Waals surface area contributed by atoms with E-state index in [-0.39, 0.29) is 21.8 Å². The second kappa shape index (κ2) is 9.40. The molecule has 0 aliphatic heterocycles. The number of phenols is 1. The lowest BCUT2D eigenvalue weighted by molar-refractivity contribution is 0.0845. The number of ether oxygens (including phenoxy) is 1. The molecule has 166 valence electrons. The number of hydrazine groups is 1. The number of rotatable bonds is 6. The molecule has 0 saturated carbocycles. The van der Waals surface area contributed by atoms with Gasteiger partial charge in [-0.3, -0.25) is 25.2 Å². The number of amides is 2. The molecular formula is C22H21N3O6S. The van der Waals surface area contributed by atoms with Crippen molar-refractivity contribution >= 4 is 27.5 Å². The number of carbonyl (C=O) groups is 2. The summed E-state index contributed by atoms with van der Waals surface area (Å²) in [6.07, 6.45) is 0. The van der Waals surface area contributed by atoms with E-state index in [0.29, 0.717) is 11.4 Å². The first-order valence-electron chi connectivity index (χ1n) is 9.37. The fourth-order valence-corrected chi connectivity index (χ4v) is 3.87. The summed E-state index contributed by atoms with van der Waals surface area (Å²) in [4.78, 5) is 24.5. The molecule has 3 aromatic carbocycles. The summed E-state index contributed by atoms with van der Waals surface area (Å²) < 4.78 is 32.8. The van der Waals surface area contributed by atoms with E-state index in [1.54, 1.807) is 37.3 Å². The Balaban J connectivity index is 1.70. The molecule has 0 saturated heterocycles. The maximum Gasteiger partial charge on any atom is 0.273 e. The molecule has 0 aromatic heterocycles. The van der Waals surface area contributed by atoms with Crippen molar-refractivity contribution in [2.45, 2.75) is 11.8 Å². The number of benzene rings is 3. The third-order valence-electron chi connectivity index (χ3n) is 4.44. The van der Waals surface area contributed by atoms with E-state index in [9.17, 15) is 23.1 Å². The normalized spacial score (nSPS) is 10.8. The van der Waals surface area contributed by atoms with E-state index in [4.69, 9.17) is 4.74 Å². The van der Waals surface area contributed by atoms with Crippen LogP contribution >= 0.6 is 0 Å². The number of methoxy groups -OCH3 is 1. The summed E-state index contributed by atoms with van der Waals surface area (Å²) in [6, 6.07) is 16.1. The van der Waals surface area contributed by atoms with Gasteiger partial charge in [-0.1, -0.05) is 17.7 Å². The maximum atomic E-state index is 12.7. The van der Waals surface area contributed by atoms with Gasteiger partial charge < -0.3 is 9.84 Å². The smallest absolute Gasteiger partial charge is 0.273 e. The van der Waals surface area contributed by atoms with Crippen molar-refractivity contribution in [3.05, 3.63) is 83.4 Å². The Morgan fingerprint density at radius 2 is 1.59 bits per heavy atom. The number of hydrogen-bond acceptors (Lipinski definition) is 6. The number of anilines is 1. The van der Waals surface area contributed by atoms with Crippen molar-refractivity contribution in [3.63, 3.8) is 0 Å². The average molecular weight is 455 g/mol. The third-order valence-corrected chi connectivity index (χ3v) is 5.81. The highest BCUT2D eigenvalue weighted by Gasteiger charge is 2.18. The summed E-state index contributed by atoms with van der Waals surface area (Å²) in [5, 5.41) is 9.81. The van der Waals surface area contributed by atoms with Crippen LogP contribution < -0.4 is 20.3 Å². The Morgan fingerprint density at radius 3 is 2.28 bits per heavy atom. The molecule has 9 nitrogen and oxygen atoms in total. The predicted molar refractivity (Wildman–Crippen MR) is 118 cm³/mol. The van der Waals surface area contributed by atoms with Gasteiger partial charge in [-0.2, -0.15) is 0 Å². The van der Waals surface area contributed by atoms with Crippen molar-refractivity contribution in [1.82, 2.24) is 10.9 Å². The van der Waals surface area contributed by atoms with Gasteiger partial charge >= 0.3 is 0 Å². The molecule has 0 heterocycles. The molecule has 0 bridgehead atoms. The van der Waals surface area contributed by atoms with Crippen LogP contribution in [0.2, 0.25) is 0 Å². The van der Waals surface area contributed by atoms with Crippen molar-refractivity contribution in [3.8, 4) is 11.5 Å². The molecule has 10 heteroatoms. The number of hydrogen-bond donors (Lipinski definition) is 4. The SMILES string of the molecule is COc1ccc(NS(=O)(=O)c2cccc(C(=O)NNC(=O)c3cc(C)ccc3O)c2)cc1. The first-order chi connectivity index (χ1) is 15.2. The third kappa shape index (κ3) is 5.35. The quantitative estimate of drug-likeness (QED) is 0.422. The molecule has 0 radical (unpaired) electrons. The molecule has 0 aliphatic rings. The molecular weight excluding hydrogens is 434 g/mol. The summed E-state index contributed by atoms with van der Waals surface area (Å²) in [7, 11) is -2.46. The van der Waals surface area contributed by atoms with Crippen LogP contribution in [0.15, 0.2) is 71.6 Å². The summed E-state index contributed by atoms with van der Waals surface area (Å²) in [5.41, 5.74) is 5.48. The number of phenolic OH excluding ortho intramolecular Hbond substituents is 1. The fourth-order valence-electron chi connectivity index (χ4n) is 2.76. The highest BCUT2D eigenvalue weighted by molar-refractivity contribution is 7.92. The molecule has 2 amide bonds. The van der Waals surface area contributed by atoms with Crippen molar-refractivity contribution in [2.24, 2.45) is 0 Å². The highest BCUT2D eigenvalue weighted by Crippen LogP contribution is 2.20.